The maximum Gasteiger partial charge on any atom is 0.303 e. The van der Waals surface area contributed by atoms with Gasteiger partial charge in [-0.15, -0.1) is 0 Å². The highest BCUT2D eigenvalue weighted by Crippen LogP contribution is 2.67. The Kier molecular flexibility index (Phi) is 6.87. The van der Waals surface area contributed by atoms with E-state index in [0.717, 1.165) is 31.4 Å². The van der Waals surface area contributed by atoms with Gasteiger partial charge in [-0.3, -0.25) is 14.4 Å². The molecule has 0 aromatic heterocycles. The molecule has 4 aliphatic carbocycles. The third kappa shape index (κ3) is 4.13. The number of rotatable bonds is 7. The van der Waals surface area contributed by atoms with E-state index in [2.05, 4.69) is 42.7 Å². The van der Waals surface area contributed by atoms with Crippen LogP contribution in [0.3, 0.4) is 0 Å². The fourth-order valence-corrected chi connectivity index (χ4v) is 8.13. The summed E-state index contributed by atoms with van der Waals surface area (Å²) in [7, 11) is 4.06. The molecule has 0 saturated heterocycles. The number of benzene rings is 1. The van der Waals surface area contributed by atoms with Crippen molar-refractivity contribution in [2.24, 2.45) is 17.3 Å². The summed E-state index contributed by atoms with van der Waals surface area (Å²) >= 11 is 0. The number of ether oxygens (including phenoxy) is 2. The molecule has 0 heterocycles. The Hall–Kier alpha value is -3.15. The molecule has 0 N–H and O–H groups in total. The van der Waals surface area contributed by atoms with Gasteiger partial charge in [0, 0.05) is 44.5 Å². The highest BCUT2D eigenvalue weighted by Gasteiger charge is 2.68. The third-order valence-corrected chi connectivity index (χ3v) is 9.77. The van der Waals surface area contributed by atoms with Crippen molar-refractivity contribution >= 4 is 23.2 Å². The van der Waals surface area contributed by atoms with Gasteiger partial charge in [-0.25, -0.2) is 0 Å². The highest BCUT2D eigenvalue weighted by molar-refractivity contribution is 5.93. The second-order valence-corrected chi connectivity index (χ2v) is 11.8. The topological polar surface area (TPSA) is 72.9 Å². The number of fused-ring (bicyclic) bond motifs is 4. The number of nitrogens with zero attached hydrogens (tertiary/aromatic N) is 1. The Morgan fingerprint density at radius 3 is 2.53 bits per heavy atom. The van der Waals surface area contributed by atoms with E-state index in [4.69, 9.17) is 9.47 Å². The molecule has 0 spiro atoms. The Morgan fingerprint density at radius 2 is 1.87 bits per heavy atom. The minimum atomic E-state index is -1.23. The Balaban J connectivity index is 1.67. The quantitative estimate of drug-likeness (QED) is 0.342. The molecule has 2 saturated carbocycles. The van der Waals surface area contributed by atoms with Crippen LogP contribution in [0.4, 0.5) is 5.69 Å². The van der Waals surface area contributed by atoms with Crippen molar-refractivity contribution in [3.05, 3.63) is 65.5 Å². The van der Waals surface area contributed by atoms with E-state index in [1.807, 2.05) is 20.2 Å². The van der Waals surface area contributed by atoms with Crippen LogP contribution >= 0.6 is 0 Å². The van der Waals surface area contributed by atoms with Crippen LogP contribution in [-0.2, 0) is 23.9 Å². The monoisotopic (exact) mass is 517 g/mol. The fraction of sp³-hybridized carbons (Fsp3) is 0.531. The van der Waals surface area contributed by atoms with Crippen molar-refractivity contribution in [1.29, 1.82) is 0 Å². The van der Waals surface area contributed by atoms with Crippen molar-refractivity contribution in [3.8, 4) is 0 Å². The van der Waals surface area contributed by atoms with E-state index in [9.17, 15) is 14.4 Å². The number of hydrogen-bond donors (Lipinski definition) is 0. The zero-order chi connectivity index (χ0) is 27.2. The van der Waals surface area contributed by atoms with Crippen LogP contribution in [0, 0.1) is 17.3 Å². The molecule has 202 valence electrons. The number of ketones is 2. The lowest BCUT2D eigenvalue weighted by atomic mass is 9.50. The molecule has 5 rings (SSSR count). The van der Waals surface area contributed by atoms with Crippen molar-refractivity contribution in [1.82, 2.24) is 0 Å². The van der Waals surface area contributed by atoms with Gasteiger partial charge in [0.2, 0.25) is 5.78 Å². The Morgan fingerprint density at radius 1 is 1.13 bits per heavy atom. The SMILES string of the molecule is C=COCC(=O)[C@@]1(OC(C)=O)CCC2C3CCC4=CC(=O)CCC4=C3[C@@H](c3ccc(N(C)C)cc3)C[C@@]21C. The molecular formula is C32H39NO5. The summed E-state index contributed by atoms with van der Waals surface area (Å²) in [6.07, 6.45) is 8.31. The normalized spacial score (nSPS) is 31.9. The van der Waals surface area contributed by atoms with Crippen LogP contribution in [0.1, 0.15) is 70.3 Å². The number of anilines is 1. The first-order valence-corrected chi connectivity index (χ1v) is 13.8. The Bertz CT molecular complexity index is 1220. The summed E-state index contributed by atoms with van der Waals surface area (Å²) < 4.78 is 11.4. The van der Waals surface area contributed by atoms with Gasteiger partial charge in [-0.2, -0.15) is 0 Å². The van der Waals surface area contributed by atoms with Gasteiger partial charge in [-0.05, 0) is 85.3 Å². The van der Waals surface area contributed by atoms with Crippen LogP contribution in [0.5, 0.6) is 0 Å². The first kappa shape index (κ1) is 26.5. The molecule has 0 bridgehead atoms. The van der Waals surface area contributed by atoms with E-state index < -0.39 is 17.0 Å². The first-order valence-electron chi connectivity index (χ1n) is 13.8. The largest absolute Gasteiger partial charge is 0.494 e. The molecule has 2 fully saturated rings. The highest BCUT2D eigenvalue weighted by atomic mass is 16.6. The van der Waals surface area contributed by atoms with E-state index in [1.54, 1.807) is 0 Å². The van der Waals surface area contributed by atoms with E-state index in [1.165, 1.54) is 35.5 Å². The number of carbonyl (C=O) groups excluding carboxylic acids is 3. The van der Waals surface area contributed by atoms with Crippen LogP contribution in [-0.4, -0.2) is 43.8 Å². The first-order chi connectivity index (χ1) is 18.1. The molecule has 1 aromatic rings. The molecule has 0 amide bonds. The summed E-state index contributed by atoms with van der Waals surface area (Å²) in [6, 6.07) is 8.69. The maximum absolute atomic E-state index is 13.8. The molecule has 4 aliphatic rings. The smallest absolute Gasteiger partial charge is 0.303 e. The van der Waals surface area contributed by atoms with Crippen LogP contribution < -0.4 is 4.90 Å². The van der Waals surface area contributed by atoms with Crippen LogP contribution in [0.15, 0.2) is 59.9 Å². The summed E-state index contributed by atoms with van der Waals surface area (Å²) in [4.78, 5) is 40.7. The lowest BCUT2D eigenvalue weighted by Gasteiger charge is -2.55. The molecule has 38 heavy (non-hydrogen) atoms. The maximum atomic E-state index is 13.8. The van der Waals surface area contributed by atoms with E-state index in [-0.39, 0.29) is 35.9 Å². The standard InChI is InChI=1S/C32H39NO5/c1-6-37-19-29(36)32(38-20(2)34)16-15-28-26-13-9-22-17-24(35)12-14-25(22)30(26)27(18-31(28,32)3)21-7-10-23(11-8-21)33(4)5/h6-8,10-11,17,26-28H,1,9,12-16,18-19H2,2-5H3/t26?,27-,28?,31+,32+/m1/s1. The minimum Gasteiger partial charge on any atom is -0.494 e. The van der Waals surface area contributed by atoms with Crippen molar-refractivity contribution in [2.75, 3.05) is 25.6 Å². The molecule has 6 heteroatoms. The molecular weight excluding hydrogens is 478 g/mol. The van der Waals surface area contributed by atoms with Gasteiger partial charge in [0.25, 0.3) is 0 Å². The summed E-state index contributed by atoms with van der Waals surface area (Å²) in [5, 5.41) is 0. The predicted octanol–water partition coefficient (Wildman–Crippen LogP) is 5.68. The molecule has 0 aliphatic heterocycles. The van der Waals surface area contributed by atoms with Crippen molar-refractivity contribution in [2.45, 2.75) is 70.3 Å². The zero-order valence-electron chi connectivity index (χ0n) is 23.0. The van der Waals surface area contributed by atoms with Crippen LogP contribution in [0.2, 0.25) is 0 Å². The van der Waals surface area contributed by atoms with Gasteiger partial charge < -0.3 is 14.4 Å². The lowest BCUT2D eigenvalue weighted by molar-refractivity contribution is -0.185. The van der Waals surface area contributed by atoms with Crippen molar-refractivity contribution in [3.63, 3.8) is 0 Å². The fourth-order valence-electron chi connectivity index (χ4n) is 8.13. The van der Waals surface area contributed by atoms with Gasteiger partial charge in [0.1, 0.15) is 6.61 Å². The summed E-state index contributed by atoms with van der Waals surface area (Å²) in [5.74, 6) is 0.152. The lowest BCUT2D eigenvalue weighted by Crippen LogP contribution is -2.58. The molecule has 0 radical (unpaired) electrons. The second kappa shape index (κ2) is 9.87. The second-order valence-electron chi connectivity index (χ2n) is 11.8. The van der Waals surface area contributed by atoms with E-state index >= 15 is 0 Å². The molecule has 1 aromatic carbocycles. The predicted molar refractivity (Wildman–Crippen MR) is 147 cm³/mol. The number of hydrogen-bond acceptors (Lipinski definition) is 6. The van der Waals surface area contributed by atoms with Crippen molar-refractivity contribution < 1.29 is 23.9 Å². The number of allylic oxidation sites excluding steroid dienone is 4. The summed E-state index contributed by atoms with van der Waals surface area (Å²) in [6.45, 7) is 6.99. The number of esters is 1. The van der Waals surface area contributed by atoms with Crippen LogP contribution in [0.25, 0.3) is 0 Å². The summed E-state index contributed by atoms with van der Waals surface area (Å²) in [5.41, 5.74) is 4.56. The van der Waals surface area contributed by atoms with E-state index in [0.29, 0.717) is 19.3 Å². The number of carbonyl (C=O) groups is 3. The average Bonchev–Trinajstić information content (AvgIpc) is 3.18. The Labute approximate surface area is 225 Å². The molecule has 5 atom stereocenters. The zero-order valence-corrected chi connectivity index (χ0v) is 23.0. The van der Waals surface area contributed by atoms with Gasteiger partial charge in [-0.1, -0.05) is 31.2 Å². The van der Waals surface area contributed by atoms with Gasteiger partial charge >= 0.3 is 5.97 Å². The van der Waals surface area contributed by atoms with Gasteiger partial charge in [0.05, 0.1) is 6.26 Å². The number of Topliss-reactive ketones (excluding diaryl/α,β-unsaturated/α-hetero) is 1. The average molecular weight is 518 g/mol. The third-order valence-electron chi connectivity index (χ3n) is 9.77. The molecule has 6 nitrogen and oxygen atoms in total. The molecule has 2 unspecified atom stereocenters. The minimum absolute atomic E-state index is 0.0746. The van der Waals surface area contributed by atoms with Gasteiger partial charge in [0.15, 0.2) is 11.4 Å².